The molecule has 0 saturated carbocycles. The van der Waals surface area contributed by atoms with E-state index in [1.165, 1.54) is 12.8 Å². The van der Waals surface area contributed by atoms with Crippen molar-refractivity contribution in [3.8, 4) is 0 Å². The number of hydrogen-bond acceptors (Lipinski definition) is 6. The largest absolute Gasteiger partial charge is 0.356 e. The normalized spacial score (nSPS) is 17.2. The summed E-state index contributed by atoms with van der Waals surface area (Å²) in [5, 5.41) is 5.32. The molecule has 1 aliphatic rings. The molecule has 0 bridgehead atoms. The minimum absolute atomic E-state index is 0.222. The third kappa shape index (κ3) is 2.56. The number of nitrogens with zero attached hydrogens (tertiary/aromatic N) is 5. The van der Waals surface area contributed by atoms with Crippen molar-refractivity contribution in [1.82, 2.24) is 19.7 Å². The van der Waals surface area contributed by atoms with Crippen molar-refractivity contribution in [1.29, 1.82) is 0 Å². The number of hydrogen-bond donors (Lipinski definition) is 2. The van der Waals surface area contributed by atoms with Crippen molar-refractivity contribution in [3.05, 3.63) is 47.9 Å². The van der Waals surface area contributed by atoms with Crippen LogP contribution in [0.5, 0.6) is 0 Å². The molecule has 0 amide bonds. The SMILES string of the molecule is Cn1ncc2c(N3CCCC3)nc(C(N)(CN)c3ccccc3)nc21. The van der Waals surface area contributed by atoms with Crippen LogP contribution in [-0.2, 0) is 12.6 Å². The quantitative estimate of drug-likeness (QED) is 0.740. The molecule has 1 fully saturated rings. The monoisotopic (exact) mass is 337 g/mol. The fourth-order valence-corrected chi connectivity index (χ4v) is 3.45. The van der Waals surface area contributed by atoms with E-state index in [9.17, 15) is 0 Å². The molecule has 0 radical (unpaired) electrons. The van der Waals surface area contributed by atoms with Gasteiger partial charge in [-0.1, -0.05) is 30.3 Å². The lowest BCUT2D eigenvalue weighted by Gasteiger charge is -2.28. The molecule has 7 heteroatoms. The number of fused-ring (bicyclic) bond motifs is 1. The van der Waals surface area contributed by atoms with Gasteiger partial charge in [-0.05, 0) is 18.4 Å². The van der Waals surface area contributed by atoms with Gasteiger partial charge in [0.05, 0.1) is 11.6 Å². The summed E-state index contributed by atoms with van der Waals surface area (Å²) < 4.78 is 1.77. The Labute approximate surface area is 146 Å². The van der Waals surface area contributed by atoms with E-state index in [1.54, 1.807) is 4.68 Å². The Balaban J connectivity index is 1.93. The summed E-state index contributed by atoms with van der Waals surface area (Å²) >= 11 is 0. The van der Waals surface area contributed by atoms with E-state index in [-0.39, 0.29) is 6.54 Å². The predicted octanol–water partition coefficient (Wildman–Crippen LogP) is 1.12. The fourth-order valence-electron chi connectivity index (χ4n) is 3.45. The van der Waals surface area contributed by atoms with Gasteiger partial charge in [0.2, 0.25) is 0 Å². The Morgan fingerprint density at radius 2 is 1.84 bits per heavy atom. The van der Waals surface area contributed by atoms with Gasteiger partial charge in [-0.3, -0.25) is 4.68 Å². The molecular formula is C18H23N7. The number of anilines is 1. The number of aryl methyl sites for hydroxylation is 1. The Morgan fingerprint density at radius 3 is 2.52 bits per heavy atom. The second-order valence-corrected chi connectivity index (χ2v) is 6.61. The van der Waals surface area contributed by atoms with Crippen LogP contribution in [0.3, 0.4) is 0 Å². The highest BCUT2D eigenvalue weighted by Crippen LogP contribution is 2.31. The summed E-state index contributed by atoms with van der Waals surface area (Å²) in [6.45, 7) is 2.21. The van der Waals surface area contributed by atoms with Crippen LogP contribution in [0, 0.1) is 0 Å². The molecule has 4 rings (SSSR count). The number of nitrogens with two attached hydrogens (primary N) is 2. The molecule has 2 aromatic heterocycles. The van der Waals surface area contributed by atoms with E-state index in [0.29, 0.717) is 5.82 Å². The van der Waals surface area contributed by atoms with Crippen LogP contribution >= 0.6 is 0 Å². The van der Waals surface area contributed by atoms with Crippen molar-refractivity contribution in [2.24, 2.45) is 18.5 Å². The fraction of sp³-hybridized carbons (Fsp3) is 0.389. The number of rotatable bonds is 4. The molecule has 4 N–H and O–H groups in total. The summed E-state index contributed by atoms with van der Waals surface area (Å²) in [7, 11) is 1.88. The first kappa shape index (κ1) is 16.0. The Morgan fingerprint density at radius 1 is 1.12 bits per heavy atom. The van der Waals surface area contributed by atoms with Crippen LogP contribution in [0.25, 0.3) is 11.0 Å². The van der Waals surface area contributed by atoms with E-state index in [2.05, 4.69) is 10.00 Å². The first-order chi connectivity index (χ1) is 12.1. The molecule has 0 spiro atoms. The molecule has 1 saturated heterocycles. The zero-order chi connectivity index (χ0) is 17.4. The average Bonchev–Trinajstić information content (AvgIpc) is 3.31. The maximum atomic E-state index is 6.72. The molecule has 3 aromatic rings. The molecule has 25 heavy (non-hydrogen) atoms. The smallest absolute Gasteiger partial charge is 0.163 e. The molecule has 1 aromatic carbocycles. The lowest BCUT2D eigenvalue weighted by Crippen LogP contribution is -2.46. The highest BCUT2D eigenvalue weighted by Gasteiger charge is 2.33. The third-order valence-corrected chi connectivity index (χ3v) is 4.99. The zero-order valence-corrected chi connectivity index (χ0v) is 14.4. The van der Waals surface area contributed by atoms with Crippen LogP contribution in [0.1, 0.15) is 24.2 Å². The number of benzene rings is 1. The van der Waals surface area contributed by atoms with Crippen molar-refractivity contribution in [2.75, 3.05) is 24.5 Å². The van der Waals surface area contributed by atoms with Crippen molar-refractivity contribution < 1.29 is 0 Å². The number of aromatic nitrogens is 4. The second kappa shape index (κ2) is 6.09. The van der Waals surface area contributed by atoms with E-state index >= 15 is 0 Å². The summed E-state index contributed by atoms with van der Waals surface area (Å²) in [6, 6.07) is 9.81. The maximum absolute atomic E-state index is 6.72. The highest BCUT2D eigenvalue weighted by atomic mass is 15.3. The van der Waals surface area contributed by atoms with E-state index in [4.69, 9.17) is 21.4 Å². The molecule has 7 nitrogen and oxygen atoms in total. The molecule has 3 heterocycles. The van der Waals surface area contributed by atoms with Gasteiger partial charge in [-0.15, -0.1) is 0 Å². The predicted molar refractivity (Wildman–Crippen MR) is 98.2 cm³/mol. The Kier molecular flexibility index (Phi) is 3.89. The van der Waals surface area contributed by atoms with Gasteiger partial charge in [0.1, 0.15) is 11.4 Å². The van der Waals surface area contributed by atoms with Gasteiger partial charge in [-0.2, -0.15) is 5.10 Å². The molecular weight excluding hydrogens is 314 g/mol. The minimum Gasteiger partial charge on any atom is -0.356 e. The summed E-state index contributed by atoms with van der Waals surface area (Å²) in [5.41, 5.74) is 13.6. The van der Waals surface area contributed by atoms with Gasteiger partial charge in [0.25, 0.3) is 0 Å². The van der Waals surface area contributed by atoms with Crippen LogP contribution in [0.4, 0.5) is 5.82 Å². The Hall–Kier alpha value is -2.51. The molecule has 1 unspecified atom stereocenters. The maximum Gasteiger partial charge on any atom is 0.163 e. The van der Waals surface area contributed by atoms with Crippen LogP contribution < -0.4 is 16.4 Å². The van der Waals surface area contributed by atoms with Crippen LogP contribution in [0.15, 0.2) is 36.5 Å². The van der Waals surface area contributed by atoms with E-state index in [1.807, 2.05) is 43.6 Å². The zero-order valence-electron chi connectivity index (χ0n) is 14.4. The standard InChI is InChI=1S/C18H23N7/c1-24-15-14(11-21-24)16(25-9-5-6-10-25)23-17(22-15)18(20,12-19)13-7-3-2-4-8-13/h2-4,7-8,11H,5-6,9-10,12,19-20H2,1H3. The van der Waals surface area contributed by atoms with Crippen molar-refractivity contribution in [2.45, 2.75) is 18.4 Å². The van der Waals surface area contributed by atoms with Crippen molar-refractivity contribution in [3.63, 3.8) is 0 Å². The van der Waals surface area contributed by atoms with E-state index in [0.717, 1.165) is 35.5 Å². The van der Waals surface area contributed by atoms with Gasteiger partial charge >= 0.3 is 0 Å². The lowest BCUT2D eigenvalue weighted by molar-refractivity contribution is 0.515. The first-order valence-electron chi connectivity index (χ1n) is 8.63. The highest BCUT2D eigenvalue weighted by molar-refractivity contribution is 5.87. The molecule has 1 atom stereocenters. The minimum atomic E-state index is -0.936. The van der Waals surface area contributed by atoms with Crippen molar-refractivity contribution >= 4 is 16.9 Å². The molecule has 130 valence electrons. The first-order valence-corrected chi connectivity index (χ1v) is 8.63. The lowest BCUT2D eigenvalue weighted by atomic mass is 9.90. The van der Waals surface area contributed by atoms with Gasteiger partial charge < -0.3 is 16.4 Å². The summed E-state index contributed by atoms with van der Waals surface area (Å²) in [6.07, 6.45) is 4.17. The third-order valence-electron chi connectivity index (χ3n) is 4.99. The summed E-state index contributed by atoms with van der Waals surface area (Å²) in [5.74, 6) is 1.45. The molecule has 1 aliphatic heterocycles. The van der Waals surface area contributed by atoms with Gasteiger partial charge in [0.15, 0.2) is 11.5 Å². The average molecular weight is 337 g/mol. The topological polar surface area (TPSA) is 98.9 Å². The molecule has 0 aliphatic carbocycles. The van der Waals surface area contributed by atoms with Crippen LogP contribution in [0.2, 0.25) is 0 Å². The van der Waals surface area contributed by atoms with Gasteiger partial charge in [0, 0.05) is 26.7 Å². The summed E-state index contributed by atoms with van der Waals surface area (Å²) in [4.78, 5) is 11.9. The Bertz CT molecular complexity index is 883. The van der Waals surface area contributed by atoms with Crippen LogP contribution in [-0.4, -0.2) is 39.4 Å². The van der Waals surface area contributed by atoms with Gasteiger partial charge in [-0.25, -0.2) is 9.97 Å². The van der Waals surface area contributed by atoms with E-state index < -0.39 is 5.54 Å². The second-order valence-electron chi connectivity index (χ2n) is 6.61.